The number of para-hydroxylation sites is 1. The number of amides is 1. The van der Waals surface area contributed by atoms with Crippen LogP contribution >= 0.6 is 11.6 Å². The Kier molecular flexibility index (Phi) is 7.15. The Balaban J connectivity index is 1.38. The molecule has 1 aliphatic rings. The van der Waals surface area contributed by atoms with Gasteiger partial charge in [-0.25, -0.2) is 4.79 Å². The molecular formula is C26H26ClN3O3. The van der Waals surface area contributed by atoms with Crippen molar-refractivity contribution in [3.05, 3.63) is 94.5 Å². The van der Waals surface area contributed by atoms with E-state index in [1.54, 1.807) is 30.3 Å². The summed E-state index contributed by atoms with van der Waals surface area (Å²) in [6, 6.07) is 22.5. The third-order valence-corrected chi connectivity index (χ3v) is 6.08. The highest BCUT2D eigenvalue weighted by molar-refractivity contribution is 6.31. The molecule has 1 heterocycles. The molecule has 7 heteroatoms. The second-order valence-corrected chi connectivity index (χ2v) is 8.42. The molecule has 1 amide bonds. The van der Waals surface area contributed by atoms with E-state index in [1.165, 1.54) is 5.69 Å². The number of carbonyl (C=O) groups excluding carboxylic acids is 1. The molecule has 0 spiro atoms. The number of halogens is 1. The molecule has 0 unspecified atom stereocenters. The first-order valence-corrected chi connectivity index (χ1v) is 11.3. The van der Waals surface area contributed by atoms with E-state index in [4.69, 9.17) is 16.7 Å². The number of nitrogens with one attached hydrogen (secondary N) is 1. The minimum Gasteiger partial charge on any atom is -0.478 e. The van der Waals surface area contributed by atoms with Crippen LogP contribution in [0.25, 0.3) is 0 Å². The van der Waals surface area contributed by atoms with Crippen molar-refractivity contribution in [3.63, 3.8) is 0 Å². The van der Waals surface area contributed by atoms with Gasteiger partial charge >= 0.3 is 5.97 Å². The molecule has 33 heavy (non-hydrogen) atoms. The molecule has 1 saturated heterocycles. The maximum absolute atomic E-state index is 13.0. The first kappa shape index (κ1) is 22.7. The summed E-state index contributed by atoms with van der Waals surface area (Å²) in [5, 5.41) is 12.5. The lowest BCUT2D eigenvalue weighted by atomic mass is 10.1. The molecule has 170 valence electrons. The molecule has 3 aromatic carbocycles. The molecule has 2 N–H and O–H groups in total. The van der Waals surface area contributed by atoms with Crippen LogP contribution in [0.4, 0.5) is 11.4 Å². The number of nitrogens with zero attached hydrogens (tertiary/aromatic N) is 2. The predicted molar refractivity (Wildman–Crippen MR) is 132 cm³/mol. The van der Waals surface area contributed by atoms with Crippen LogP contribution in [-0.2, 0) is 6.42 Å². The van der Waals surface area contributed by atoms with Crippen LogP contribution in [0, 0.1) is 0 Å². The normalized spacial score (nSPS) is 13.6. The molecule has 1 aliphatic heterocycles. The van der Waals surface area contributed by atoms with Crippen molar-refractivity contribution in [3.8, 4) is 0 Å². The molecule has 6 nitrogen and oxygen atoms in total. The fourth-order valence-corrected chi connectivity index (χ4v) is 4.21. The maximum Gasteiger partial charge on any atom is 0.335 e. The fraction of sp³-hybridized carbons (Fsp3) is 0.231. The van der Waals surface area contributed by atoms with Crippen LogP contribution in [0.3, 0.4) is 0 Å². The second kappa shape index (κ2) is 10.4. The van der Waals surface area contributed by atoms with Gasteiger partial charge in [0.25, 0.3) is 5.91 Å². The summed E-state index contributed by atoms with van der Waals surface area (Å²) in [5.74, 6) is -1.12. The van der Waals surface area contributed by atoms with E-state index >= 15 is 0 Å². The van der Waals surface area contributed by atoms with Gasteiger partial charge in [-0.2, -0.15) is 0 Å². The van der Waals surface area contributed by atoms with Gasteiger partial charge in [0.2, 0.25) is 0 Å². The van der Waals surface area contributed by atoms with E-state index in [0.29, 0.717) is 23.6 Å². The fourth-order valence-electron chi connectivity index (χ4n) is 4.04. The van der Waals surface area contributed by atoms with Crippen molar-refractivity contribution in [2.24, 2.45) is 0 Å². The summed E-state index contributed by atoms with van der Waals surface area (Å²) in [6.45, 7) is 3.82. The Morgan fingerprint density at radius 1 is 0.879 bits per heavy atom. The van der Waals surface area contributed by atoms with Gasteiger partial charge in [-0.15, -0.1) is 0 Å². The Labute approximate surface area is 198 Å². The average molecular weight is 464 g/mol. The SMILES string of the molecule is O=C(O)c1ccc(CCNC(=O)c2cc(Cl)ccc2N2CCN(c3ccccc3)CC2)cc1. The summed E-state index contributed by atoms with van der Waals surface area (Å²) < 4.78 is 0. The van der Waals surface area contributed by atoms with Gasteiger partial charge in [0.15, 0.2) is 0 Å². The Morgan fingerprint density at radius 3 is 2.21 bits per heavy atom. The lowest BCUT2D eigenvalue weighted by Gasteiger charge is -2.38. The number of benzene rings is 3. The number of rotatable bonds is 7. The van der Waals surface area contributed by atoms with E-state index < -0.39 is 5.97 Å². The van der Waals surface area contributed by atoms with Crippen LogP contribution < -0.4 is 15.1 Å². The molecule has 4 rings (SSSR count). The number of carboxylic acids is 1. The van der Waals surface area contributed by atoms with Crippen molar-refractivity contribution < 1.29 is 14.7 Å². The Morgan fingerprint density at radius 2 is 1.55 bits per heavy atom. The quantitative estimate of drug-likeness (QED) is 0.545. The van der Waals surface area contributed by atoms with Crippen molar-refractivity contribution in [1.29, 1.82) is 0 Å². The summed E-state index contributed by atoms with van der Waals surface area (Å²) >= 11 is 6.22. The molecule has 0 radical (unpaired) electrons. The molecule has 0 saturated carbocycles. The number of aromatic carboxylic acids is 1. The lowest BCUT2D eigenvalue weighted by Crippen LogP contribution is -2.47. The highest BCUT2D eigenvalue weighted by Gasteiger charge is 2.22. The van der Waals surface area contributed by atoms with Crippen molar-refractivity contribution in [1.82, 2.24) is 5.32 Å². The van der Waals surface area contributed by atoms with Crippen LogP contribution in [0.2, 0.25) is 5.02 Å². The van der Waals surface area contributed by atoms with Gasteiger partial charge in [0.1, 0.15) is 0 Å². The summed E-state index contributed by atoms with van der Waals surface area (Å²) in [4.78, 5) is 28.6. The Bertz CT molecular complexity index is 1110. The molecule has 0 aliphatic carbocycles. The van der Waals surface area contributed by atoms with Gasteiger partial charge in [-0.3, -0.25) is 4.79 Å². The third-order valence-electron chi connectivity index (χ3n) is 5.85. The summed E-state index contributed by atoms with van der Waals surface area (Å²) in [6.07, 6.45) is 0.608. The monoisotopic (exact) mass is 463 g/mol. The number of anilines is 2. The standard InChI is InChI=1S/C26H26ClN3O3/c27-21-10-11-24(30-16-14-29(15-17-30)22-4-2-1-3-5-22)23(18-21)25(31)28-13-12-19-6-8-20(9-7-19)26(32)33/h1-11,18H,12-17H2,(H,28,31)(H,32,33). The number of carbonyl (C=O) groups is 2. The molecule has 0 aromatic heterocycles. The molecule has 0 bridgehead atoms. The Hall–Kier alpha value is -3.51. The molecule has 3 aromatic rings. The van der Waals surface area contributed by atoms with Crippen molar-refractivity contribution in [2.75, 3.05) is 42.5 Å². The topological polar surface area (TPSA) is 72.9 Å². The van der Waals surface area contributed by atoms with Crippen molar-refractivity contribution >= 4 is 34.9 Å². The smallest absolute Gasteiger partial charge is 0.335 e. The maximum atomic E-state index is 13.0. The van der Waals surface area contributed by atoms with Gasteiger partial charge in [0, 0.05) is 49.1 Å². The highest BCUT2D eigenvalue weighted by Crippen LogP contribution is 2.27. The van der Waals surface area contributed by atoms with E-state index in [0.717, 1.165) is 37.4 Å². The van der Waals surface area contributed by atoms with Crippen LogP contribution in [0.15, 0.2) is 72.8 Å². The van der Waals surface area contributed by atoms with E-state index in [9.17, 15) is 9.59 Å². The number of hydrogen-bond acceptors (Lipinski definition) is 4. The highest BCUT2D eigenvalue weighted by atomic mass is 35.5. The number of carboxylic acid groups (broad SMARTS) is 1. The average Bonchev–Trinajstić information content (AvgIpc) is 2.85. The van der Waals surface area contributed by atoms with Gasteiger partial charge in [0.05, 0.1) is 11.1 Å². The van der Waals surface area contributed by atoms with E-state index in [1.807, 2.05) is 30.3 Å². The van der Waals surface area contributed by atoms with Crippen LogP contribution in [0.5, 0.6) is 0 Å². The largest absolute Gasteiger partial charge is 0.478 e. The van der Waals surface area contributed by atoms with Crippen molar-refractivity contribution in [2.45, 2.75) is 6.42 Å². The molecule has 1 fully saturated rings. The summed E-state index contributed by atoms with van der Waals surface area (Å²) in [7, 11) is 0. The zero-order valence-electron chi connectivity index (χ0n) is 18.2. The van der Waals surface area contributed by atoms with E-state index in [2.05, 4.69) is 27.2 Å². The summed E-state index contributed by atoms with van der Waals surface area (Å²) in [5.41, 5.74) is 3.87. The first-order chi connectivity index (χ1) is 16.0. The van der Waals surface area contributed by atoms with Crippen LogP contribution in [-0.4, -0.2) is 49.7 Å². The third kappa shape index (κ3) is 5.65. The minimum atomic E-state index is -0.951. The zero-order chi connectivity index (χ0) is 23.2. The predicted octanol–water partition coefficient (Wildman–Crippen LogP) is 4.34. The molecular weight excluding hydrogens is 438 g/mol. The van der Waals surface area contributed by atoms with Gasteiger partial charge in [-0.05, 0) is 54.4 Å². The lowest BCUT2D eigenvalue weighted by molar-refractivity contribution is 0.0696. The zero-order valence-corrected chi connectivity index (χ0v) is 19.0. The number of hydrogen-bond donors (Lipinski definition) is 2. The second-order valence-electron chi connectivity index (χ2n) is 7.98. The minimum absolute atomic E-state index is 0.167. The van der Waals surface area contributed by atoms with Gasteiger partial charge in [-0.1, -0.05) is 41.9 Å². The number of piperazine rings is 1. The first-order valence-electron chi connectivity index (χ1n) is 11.0. The van der Waals surface area contributed by atoms with Crippen LogP contribution in [0.1, 0.15) is 26.3 Å². The van der Waals surface area contributed by atoms with Gasteiger partial charge < -0.3 is 20.2 Å². The van der Waals surface area contributed by atoms with E-state index in [-0.39, 0.29) is 11.5 Å². The molecule has 0 atom stereocenters.